The second-order valence-electron chi connectivity index (χ2n) is 6.95. The molecule has 1 aliphatic heterocycles. The lowest BCUT2D eigenvalue weighted by atomic mass is 9.90. The van der Waals surface area contributed by atoms with Crippen molar-refractivity contribution in [3.8, 4) is 0 Å². The van der Waals surface area contributed by atoms with Gasteiger partial charge in [-0.3, -0.25) is 9.59 Å². The minimum absolute atomic E-state index is 0.0737. The molecule has 0 saturated carbocycles. The summed E-state index contributed by atoms with van der Waals surface area (Å²) >= 11 is 0. The molecule has 1 amide bonds. The van der Waals surface area contributed by atoms with Gasteiger partial charge in [0, 0.05) is 12.0 Å². The van der Waals surface area contributed by atoms with Crippen molar-refractivity contribution >= 4 is 11.9 Å². The largest absolute Gasteiger partial charge is 0.481 e. The van der Waals surface area contributed by atoms with E-state index in [0.29, 0.717) is 0 Å². The Balaban J connectivity index is 2.57. The van der Waals surface area contributed by atoms with Crippen LogP contribution in [-0.4, -0.2) is 27.4 Å². The predicted molar refractivity (Wildman–Crippen MR) is 81.0 cm³/mol. The van der Waals surface area contributed by atoms with Crippen LogP contribution in [0, 0.1) is 19.8 Å². The Morgan fingerprint density at radius 2 is 1.71 bits per heavy atom. The second-order valence-corrected chi connectivity index (χ2v) is 6.95. The molecule has 1 fully saturated rings. The maximum Gasteiger partial charge on any atom is 0.309 e. The van der Waals surface area contributed by atoms with Crippen LogP contribution in [0.25, 0.3) is 0 Å². The first-order valence-electron chi connectivity index (χ1n) is 7.24. The van der Waals surface area contributed by atoms with Crippen molar-refractivity contribution in [2.45, 2.75) is 52.6 Å². The highest BCUT2D eigenvalue weighted by Gasteiger charge is 2.48. The molecule has 0 radical (unpaired) electrons. The van der Waals surface area contributed by atoms with Crippen LogP contribution in [0.4, 0.5) is 0 Å². The summed E-state index contributed by atoms with van der Waals surface area (Å²) in [6, 6.07) is 5.64. The Morgan fingerprint density at radius 1 is 1.19 bits per heavy atom. The molecule has 0 aromatic heterocycles. The van der Waals surface area contributed by atoms with Gasteiger partial charge in [0.15, 0.2) is 0 Å². The number of rotatable bonds is 2. The second kappa shape index (κ2) is 5.17. The molecule has 1 heterocycles. The highest BCUT2D eigenvalue weighted by atomic mass is 16.4. The molecule has 1 N–H and O–H groups in total. The summed E-state index contributed by atoms with van der Waals surface area (Å²) in [4.78, 5) is 25.7. The topological polar surface area (TPSA) is 57.6 Å². The lowest BCUT2D eigenvalue weighted by molar-refractivity contribution is -0.142. The average Bonchev–Trinajstić information content (AvgIpc) is 2.65. The zero-order valence-corrected chi connectivity index (χ0v) is 13.3. The van der Waals surface area contributed by atoms with Gasteiger partial charge >= 0.3 is 5.97 Å². The molecule has 2 rings (SSSR count). The molecular formula is C17H23NO3. The normalized spacial score (nSPS) is 22.7. The highest BCUT2D eigenvalue weighted by Crippen LogP contribution is 2.42. The van der Waals surface area contributed by atoms with Crippen LogP contribution in [0.2, 0.25) is 0 Å². The first kappa shape index (κ1) is 15.5. The lowest BCUT2D eigenvalue weighted by Gasteiger charge is -2.38. The summed E-state index contributed by atoms with van der Waals surface area (Å²) in [5.74, 6) is -1.67. The summed E-state index contributed by atoms with van der Waals surface area (Å²) in [7, 11) is 0. The number of amides is 1. The number of nitrogens with zero attached hydrogens (tertiary/aromatic N) is 1. The molecule has 4 heteroatoms. The van der Waals surface area contributed by atoms with Crippen molar-refractivity contribution in [2.75, 3.05) is 0 Å². The monoisotopic (exact) mass is 289 g/mol. The van der Waals surface area contributed by atoms with Crippen LogP contribution in [-0.2, 0) is 9.59 Å². The Hall–Kier alpha value is -1.84. The molecule has 2 atom stereocenters. The van der Waals surface area contributed by atoms with E-state index in [-0.39, 0.29) is 12.3 Å². The van der Waals surface area contributed by atoms with Gasteiger partial charge in [0.25, 0.3) is 0 Å². The van der Waals surface area contributed by atoms with Gasteiger partial charge in [0.05, 0.1) is 12.0 Å². The fourth-order valence-electron chi connectivity index (χ4n) is 3.31. The number of likely N-dealkylation sites (tertiary alicyclic amines) is 1. The Bertz CT molecular complexity index is 566. The summed E-state index contributed by atoms with van der Waals surface area (Å²) < 4.78 is 0. The van der Waals surface area contributed by atoms with Gasteiger partial charge in [-0.05, 0) is 40.2 Å². The number of aryl methyl sites for hydroxylation is 2. The van der Waals surface area contributed by atoms with E-state index >= 15 is 0 Å². The van der Waals surface area contributed by atoms with Gasteiger partial charge in [0.1, 0.15) is 0 Å². The molecular weight excluding hydrogens is 266 g/mol. The summed E-state index contributed by atoms with van der Waals surface area (Å²) in [6.45, 7) is 9.83. The number of benzene rings is 1. The average molecular weight is 289 g/mol. The minimum Gasteiger partial charge on any atom is -0.481 e. The van der Waals surface area contributed by atoms with Crippen molar-refractivity contribution in [3.05, 3.63) is 34.9 Å². The van der Waals surface area contributed by atoms with Crippen LogP contribution in [0.3, 0.4) is 0 Å². The quantitative estimate of drug-likeness (QED) is 0.910. The number of carboxylic acids is 1. The Labute approximate surface area is 125 Å². The predicted octanol–water partition coefficient (Wildman–Crippen LogP) is 3.08. The van der Waals surface area contributed by atoms with E-state index in [2.05, 4.69) is 6.07 Å². The summed E-state index contributed by atoms with van der Waals surface area (Å²) in [6.07, 6.45) is 0.0737. The van der Waals surface area contributed by atoms with Gasteiger partial charge in [0.2, 0.25) is 5.91 Å². The molecule has 21 heavy (non-hydrogen) atoms. The van der Waals surface area contributed by atoms with E-state index in [1.54, 1.807) is 4.90 Å². The third-order valence-corrected chi connectivity index (χ3v) is 3.95. The number of carbonyl (C=O) groups is 2. The van der Waals surface area contributed by atoms with Gasteiger partial charge in [-0.1, -0.05) is 29.3 Å². The van der Waals surface area contributed by atoms with Crippen molar-refractivity contribution in [3.63, 3.8) is 0 Å². The molecule has 1 saturated heterocycles. The minimum atomic E-state index is -0.903. The van der Waals surface area contributed by atoms with Crippen LogP contribution in [0.15, 0.2) is 18.2 Å². The van der Waals surface area contributed by atoms with Crippen LogP contribution in [0.5, 0.6) is 0 Å². The van der Waals surface area contributed by atoms with Crippen LogP contribution in [0.1, 0.15) is 49.9 Å². The van der Waals surface area contributed by atoms with Gasteiger partial charge < -0.3 is 10.0 Å². The SMILES string of the molecule is Cc1cc(C)cc(C2C(C(=O)O)CC(=O)N2C(C)(C)C)c1. The number of aliphatic carboxylic acids is 1. The fraction of sp³-hybridized carbons (Fsp3) is 0.529. The molecule has 4 nitrogen and oxygen atoms in total. The molecule has 1 aliphatic rings. The number of carboxylic acid groups (broad SMARTS) is 1. The van der Waals surface area contributed by atoms with Gasteiger partial charge in [-0.15, -0.1) is 0 Å². The smallest absolute Gasteiger partial charge is 0.309 e. The van der Waals surface area contributed by atoms with E-state index in [1.807, 2.05) is 46.8 Å². The number of hydrogen-bond donors (Lipinski definition) is 1. The maximum absolute atomic E-state index is 12.4. The van der Waals surface area contributed by atoms with Gasteiger partial charge in [-0.25, -0.2) is 0 Å². The number of hydrogen-bond acceptors (Lipinski definition) is 2. The van der Waals surface area contributed by atoms with Crippen molar-refractivity contribution in [2.24, 2.45) is 5.92 Å². The van der Waals surface area contributed by atoms with E-state index in [0.717, 1.165) is 16.7 Å². The van der Waals surface area contributed by atoms with E-state index in [9.17, 15) is 14.7 Å². The zero-order valence-electron chi connectivity index (χ0n) is 13.3. The fourth-order valence-corrected chi connectivity index (χ4v) is 3.31. The molecule has 0 aliphatic carbocycles. The molecule has 0 spiro atoms. The van der Waals surface area contributed by atoms with Crippen LogP contribution >= 0.6 is 0 Å². The van der Waals surface area contributed by atoms with E-state index in [1.165, 1.54) is 0 Å². The summed E-state index contributed by atoms with van der Waals surface area (Å²) in [5.41, 5.74) is 2.69. The van der Waals surface area contributed by atoms with Crippen molar-refractivity contribution in [1.29, 1.82) is 0 Å². The van der Waals surface area contributed by atoms with Crippen molar-refractivity contribution < 1.29 is 14.7 Å². The lowest BCUT2D eigenvalue weighted by Crippen LogP contribution is -2.44. The van der Waals surface area contributed by atoms with E-state index < -0.39 is 23.5 Å². The third-order valence-electron chi connectivity index (χ3n) is 3.95. The first-order valence-corrected chi connectivity index (χ1v) is 7.24. The zero-order chi connectivity index (χ0) is 15.9. The maximum atomic E-state index is 12.4. The first-order chi connectivity index (χ1) is 9.61. The molecule has 0 bridgehead atoms. The van der Waals surface area contributed by atoms with E-state index in [4.69, 9.17) is 0 Å². The molecule has 1 aromatic rings. The molecule has 1 aromatic carbocycles. The Morgan fingerprint density at radius 3 is 2.14 bits per heavy atom. The summed E-state index contributed by atoms with van der Waals surface area (Å²) in [5, 5.41) is 9.51. The molecule has 114 valence electrons. The molecule has 2 unspecified atom stereocenters. The third kappa shape index (κ3) is 2.94. The van der Waals surface area contributed by atoms with Crippen LogP contribution < -0.4 is 0 Å². The highest BCUT2D eigenvalue weighted by molar-refractivity contribution is 5.88. The van der Waals surface area contributed by atoms with Crippen molar-refractivity contribution in [1.82, 2.24) is 4.90 Å². The Kier molecular flexibility index (Phi) is 3.83. The number of carbonyl (C=O) groups excluding carboxylic acids is 1. The standard InChI is InChI=1S/C17H23NO3/c1-10-6-11(2)8-12(7-10)15-13(16(20)21)9-14(19)18(15)17(3,4)5/h6-8,13,15H,9H2,1-5H3,(H,20,21). The van der Waals surface area contributed by atoms with Gasteiger partial charge in [-0.2, -0.15) is 0 Å².